The zero-order chi connectivity index (χ0) is 15.9. The molecule has 114 valence electrons. The second-order valence-corrected chi connectivity index (χ2v) is 6.77. The van der Waals surface area contributed by atoms with Gasteiger partial charge in [0.15, 0.2) is 0 Å². The van der Waals surface area contributed by atoms with Crippen LogP contribution in [0.4, 0.5) is 0 Å². The van der Waals surface area contributed by atoms with Crippen molar-refractivity contribution in [2.75, 3.05) is 0 Å². The summed E-state index contributed by atoms with van der Waals surface area (Å²) in [5.41, 5.74) is 9.20. The molecule has 0 fully saturated rings. The Morgan fingerprint density at radius 3 is 1.76 bits per heavy atom. The van der Waals surface area contributed by atoms with Gasteiger partial charge >= 0.3 is 0 Å². The Kier molecular flexibility index (Phi) is 4.27. The highest BCUT2D eigenvalue weighted by molar-refractivity contribution is 5.75. The lowest BCUT2D eigenvalue weighted by Gasteiger charge is -2.16. The average molecular weight is 284 g/mol. The van der Waals surface area contributed by atoms with Gasteiger partial charge < -0.3 is 0 Å². The molecule has 0 radical (unpaired) electrons. The van der Waals surface area contributed by atoms with Crippen molar-refractivity contribution in [2.45, 2.75) is 67.3 Å². The summed E-state index contributed by atoms with van der Waals surface area (Å²) in [6.07, 6.45) is 0. The summed E-state index contributed by atoms with van der Waals surface area (Å²) in [4.78, 5) is 0. The third-order valence-corrected chi connectivity index (χ3v) is 4.29. The van der Waals surface area contributed by atoms with Crippen LogP contribution in [0.2, 0.25) is 0 Å². The molecule has 0 bridgehead atoms. The van der Waals surface area contributed by atoms with E-state index in [0.29, 0.717) is 12.0 Å². The molecular weight excluding hydrogens is 256 g/mol. The number of aromatic nitrogens is 2. The average Bonchev–Trinajstić information content (AvgIpc) is 2.65. The standard InChI is InChI=1S/C19H28N2/c1-11(2)17-9-13(5)18(14(6)10-17)19-15(7)20-21(12(3)4)16(19)8/h9-12H,1-8H3. The summed E-state index contributed by atoms with van der Waals surface area (Å²) < 4.78 is 2.14. The quantitative estimate of drug-likeness (QED) is 0.729. The Morgan fingerprint density at radius 1 is 0.857 bits per heavy atom. The van der Waals surface area contributed by atoms with Gasteiger partial charge in [-0.3, -0.25) is 4.68 Å². The van der Waals surface area contributed by atoms with Crippen molar-refractivity contribution in [1.29, 1.82) is 0 Å². The topological polar surface area (TPSA) is 17.8 Å². The largest absolute Gasteiger partial charge is 0.266 e. The number of hydrogen-bond acceptors (Lipinski definition) is 1. The molecule has 1 heterocycles. The number of aryl methyl sites for hydroxylation is 3. The Balaban J connectivity index is 2.68. The molecule has 0 aliphatic carbocycles. The first-order valence-electron chi connectivity index (χ1n) is 7.91. The van der Waals surface area contributed by atoms with E-state index in [0.717, 1.165) is 5.69 Å². The molecule has 0 spiro atoms. The molecule has 0 unspecified atom stereocenters. The smallest absolute Gasteiger partial charge is 0.0675 e. The zero-order valence-corrected chi connectivity index (χ0v) is 14.7. The first-order chi connectivity index (χ1) is 9.73. The molecule has 0 saturated carbocycles. The van der Waals surface area contributed by atoms with E-state index in [2.05, 4.69) is 72.2 Å². The van der Waals surface area contributed by atoms with E-state index >= 15 is 0 Å². The van der Waals surface area contributed by atoms with Gasteiger partial charge in [-0.05, 0) is 69.7 Å². The van der Waals surface area contributed by atoms with Crippen LogP contribution in [0.5, 0.6) is 0 Å². The van der Waals surface area contributed by atoms with Gasteiger partial charge in [-0.1, -0.05) is 26.0 Å². The van der Waals surface area contributed by atoms with Crippen LogP contribution in [-0.4, -0.2) is 9.78 Å². The molecule has 0 aliphatic rings. The summed E-state index contributed by atoms with van der Waals surface area (Å²) in [6, 6.07) is 5.06. The Morgan fingerprint density at radius 2 is 1.38 bits per heavy atom. The fourth-order valence-electron chi connectivity index (χ4n) is 3.25. The lowest BCUT2D eigenvalue weighted by molar-refractivity contribution is 0.516. The van der Waals surface area contributed by atoms with Gasteiger partial charge in [-0.15, -0.1) is 0 Å². The van der Waals surface area contributed by atoms with Gasteiger partial charge in [-0.25, -0.2) is 0 Å². The fraction of sp³-hybridized carbons (Fsp3) is 0.526. The van der Waals surface area contributed by atoms with E-state index < -0.39 is 0 Å². The van der Waals surface area contributed by atoms with Crippen LogP contribution < -0.4 is 0 Å². The molecule has 1 aromatic heterocycles. The first-order valence-corrected chi connectivity index (χ1v) is 7.91. The number of nitrogens with zero attached hydrogens (tertiary/aromatic N) is 2. The number of rotatable bonds is 3. The third kappa shape index (κ3) is 2.76. The van der Waals surface area contributed by atoms with Crippen molar-refractivity contribution in [3.8, 4) is 11.1 Å². The van der Waals surface area contributed by atoms with Gasteiger partial charge in [0.05, 0.1) is 5.69 Å². The molecule has 2 aromatic rings. The monoisotopic (exact) mass is 284 g/mol. The van der Waals surface area contributed by atoms with E-state index in [4.69, 9.17) is 5.10 Å². The molecule has 0 aliphatic heterocycles. The highest BCUT2D eigenvalue weighted by Gasteiger charge is 2.19. The van der Waals surface area contributed by atoms with Gasteiger partial charge in [0.2, 0.25) is 0 Å². The molecule has 0 saturated heterocycles. The van der Waals surface area contributed by atoms with E-state index in [-0.39, 0.29) is 0 Å². The van der Waals surface area contributed by atoms with Crippen LogP contribution in [-0.2, 0) is 0 Å². The minimum atomic E-state index is 0.396. The van der Waals surface area contributed by atoms with Crippen molar-refractivity contribution in [1.82, 2.24) is 9.78 Å². The summed E-state index contributed by atoms with van der Waals surface area (Å²) >= 11 is 0. The molecule has 21 heavy (non-hydrogen) atoms. The SMILES string of the molecule is Cc1cc(C(C)C)cc(C)c1-c1c(C)nn(C(C)C)c1C. The van der Waals surface area contributed by atoms with Crippen LogP contribution in [0.1, 0.15) is 67.7 Å². The van der Waals surface area contributed by atoms with Crippen LogP contribution in [0.3, 0.4) is 0 Å². The second-order valence-electron chi connectivity index (χ2n) is 6.77. The number of benzene rings is 1. The normalized spacial score (nSPS) is 11.7. The summed E-state index contributed by atoms with van der Waals surface area (Å²) in [5.74, 6) is 0.567. The molecule has 2 rings (SSSR count). The lowest BCUT2D eigenvalue weighted by atomic mass is 9.89. The van der Waals surface area contributed by atoms with Crippen LogP contribution in [0.15, 0.2) is 12.1 Å². The molecule has 0 amide bonds. The third-order valence-electron chi connectivity index (χ3n) is 4.29. The van der Waals surface area contributed by atoms with Crippen molar-refractivity contribution >= 4 is 0 Å². The van der Waals surface area contributed by atoms with Gasteiger partial charge in [0, 0.05) is 17.3 Å². The van der Waals surface area contributed by atoms with Gasteiger partial charge in [-0.2, -0.15) is 5.10 Å². The Hall–Kier alpha value is -1.57. The fourth-order valence-corrected chi connectivity index (χ4v) is 3.25. The van der Waals surface area contributed by atoms with E-state index in [1.54, 1.807) is 0 Å². The summed E-state index contributed by atoms with van der Waals surface area (Å²) in [7, 11) is 0. The predicted octanol–water partition coefficient (Wildman–Crippen LogP) is 5.49. The maximum Gasteiger partial charge on any atom is 0.0675 e. The lowest BCUT2D eigenvalue weighted by Crippen LogP contribution is -2.05. The Bertz CT molecular complexity index is 637. The van der Waals surface area contributed by atoms with E-state index in [1.165, 1.54) is 33.5 Å². The Labute approximate surface area is 129 Å². The van der Waals surface area contributed by atoms with Gasteiger partial charge in [0.25, 0.3) is 0 Å². The molecule has 2 nitrogen and oxygen atoms in total. The minimum Gasteiger partial charge on any atom is -0.266 e. The summed E-state index contributed by atoms with van der Waals surface area (Å²) in [6.45, 7) is 17.6. The second kappa shape index (κ2) is 5.67. The highest BCUT2D eigenvalue weighted by Crippen LogP contribution is 2.35. The zero-order valence-electron chi connectivity index (χ0n) is 14.7. The van der Waals surface area contributed by atoms with E-state index in [9.17, 15) is 0 Å². The predicted molar refractivity (Wildman–Crippen MR) is 91.1 cm³/mol. The first kappa shape index (κ1) is 15.8. The summed E-state index contributed by atoms with van der Waals surface area (Å²) in [5, 5.41) is 4.74. The maximum absolute atomic E-state index is 4.74. The van der Waals surface area contributed by atoms with Crippen LogP contribution in [0.25, 0.3) is 11.1 Å². The molecule has 2 heteroatoms. The van der Waals surface area contributed by atoms with Crippen molar-refractivity contribution in [3.63, 3.8) is 0 Å². The van der Waals surface area contributed by atoms with Crippen molar-refractivity contribution < 1.29 is 0 Å². The van der Waals surface area contributed by atoms with Crippen LogP contribution >= 0.6 is 0 Å². The van der Waals surface area contributed by atoms with Crippen molar-refractivity contribution in [3.05, 3.63) is 40.2 Å². The van der Waals surface area contributed by atoms with Gasteiger partial charge in [0.1, 0.15) is 0 Å². The maximum atomic E-state index is 4.74. The van der Waals surface area contributed by atoms with Crippen LogP contribution in [0, 0.1) is 27.7 Å². The van der Waals surface area contributed by atoms with Crippen molar-refractivity contribution in [2.24, 2.45) is 0 Å². The molecule has 0 N–H and O–H groups in total. The highest BCUT2D eigenvalue weighted by atomic mass is 15.3. The number of hydrogen-bond donors (Lipinski definition) is 0. The minimum absolute atomic E-state index is 0.396. The molecular formula is C19H28N2. The molecule has 0 atom stereocenters. The van der Waals surface area contributed by atoms with E-state index in [1.807, 2.05) is 0 Å². The molecule has 1 aromatic carbocycles.